The second kappa shape index (κ2) is 11.4. The van der Waals surface area contributed by atoms with Gasteiger partial charge in [-0.1, -0.05) is 46.1 Å². The first-order chi connectivity index (χ1) is 13.8. The summed E-state index contributed by atoms with van der Waals surface area (Å²) < 4.78 is 0. The average Bonchev–Trinajstić information content (AvgIpc) is 2.66. The van der Waals surface area contributed by atoms with E-state index in [0.717, 1.165) is 17.8 Å². The third kappa shape index (κ3) is 7.22. The summed E-state index contributed by atoms with van der Waals surface area (Å²) in [6.07, 6.45) is 7.18. The average molecular weight is 405 g/mol. The van der Waals surface area contributed by atoms with Gasteiger partial charge in [0.2, 0.25) is 0 Å². The topological polar surface area (TPSA) is 72.8 Å². The Labute approximate surface area is 176 Å². The molecule has 0 spiro atoms. The number of aliphatic hydroxyl groups excluding tert-OH is 1. The molecule has 1 aliphatic carbocycles. The minimum atomic E-state index is -0.770. The van der Waals surface area contributed by atoms with E-state index in [1.54, 1.807) is 0 Å². The summed E-state index contributed by atoms with van der Waals surface area (Å²) in [7, 11) is 0. The van der Waals surface area contributed by atoms with Crippen LogP contribution in [0.15, 0.2) is 18.2 Å². The van der Waals surface area contributed by atoms with Crippen LogP contribution in [0.25, 0.3) is 0 Å². The van der Waals surface area contributed by atoms with Crippen LogP contribution in [0.1, 0.15) is 84.1 Å². The van der Waals surface area contributed by atoms with E-state index in [-0.39, 0.29) is 25.0 Å². The van der Waals surface area contributed by atoms with Crippen LogP contribution >= 0.6 is 0 Å². The van der Waals surface area contributed by atoms with Gasteiger partial charge in [-0.2, -0.15) is 0 Å². The molecule has 0 bridgehead atoms. The van der Waals surface area contributed by atoms with Crippen LogP contribution in [0.3, 0.4) is 0 Å². The van der Waals surface area contributed by atoms with Gasteiger partial charge in [0.1, 0.15) is 0 Å². The van der Waals surface area contributed by atoms with Gasteiger partial charge in [-0.3, -0.25) is 4.79 Å². The number of benzene rings is 1. The standard InChI is InChI=1S/C24H40N2O3/c1-17(2)16-26(21-8-6-5-7-9-21)23-11-10-20(18(3)14-24(28)29)15-22(23)25-19(4)12-13-27/h10-11,15,17-19,21,25,27H,5-9,12-14,16H2,1-4H3,(H,28,29)/t18-,19?/m1/s1. The first kappa shape index (κ1) is 23.5. The molecule has 164 valence electrons. The number of nitrogens with zero attached hydrogens (tertiary/aromatic N) is 1. The number of rotatable bonds is 11. The summed E-state index contributed by atoms with van der Waals surface area (Å²) in [5.41, 5.74) is 3.32. The molecule has 0 heterocycles. The molecule has 0 amide bonds. The fourth-order valence-corrected chi connectivity index (χ4v) is 4.37. The van der Waals surface area contributed by atoms with Crippen molar-refractivity contribution in [3.63, 3.8) is 0 Å². The van der Waals surface area contributed by atoms with E-state index in [9.17, 15) is 15.0 Å². The predicted molar refractivity (Wildman–Crippen MR) is 121 cm³/mol. The van der Waals surface area contributed by atoms with E-state index in [1.165, 1.54) is 37.8 Å². The van der Waals surface area contributed by atoms with Gasteiger partial charge in [0.25, 0.3) is 0 Å². The number of aliphatic hydroxyl groups is 1. The number of aliphatic carboxylic acids is 1. The second-order valence-corrected chi connectivity index (χ2v) is 9.17. The Morgan fingerprint density at radius 1 is 1.17 bits per heavy atom. The maximum atomic E-state index is 11.2. The molecular weight excluding hydrogens is 364 g/mol. The van der Waals surface area contributed by atoms with Gasteiger partial charge in [0.15, 0.2) is 0 Å². The normalized spacial score (nSPS) is 17.2. The molecule has 1 fully saturated rings. The van der Waals surface area contributed by atoms with Crippen LogP contribution in [-0.4, -0.2) is 41.4 Å². The molecule has 29 heavy (non-hydrogen) atoms. The lowest BCUT2D eigenvalue weighted by Crippen LogP contribution is -2.40. The van der Waals surface area contributed by atoms with Crippen molar-refractivity contribution in [1.82, 2.24) is 0 Å². The van der Waals surface area contributed by atoms with Crippen LogP contribution in [0.5, 0.6) is 0 Å². The van der Waals surface area contributed by atoms with Crippen molar-refractivity contribution in [3.8, 4) is 0 Å². The number of carboxylic acids is 1. The van der Waals surface area contributed by atoms with E-state index < -0.39 is 5.97 Å². The summed E-state index contributed by atoms with van der Waals surface area (Å²) >= 11 is 0. The number of carboxylic acid groups (broad SMARTS) is 1. The molecule has 0 aliphatic heterocycles. The molecule has 1 aromatic rings. The van der Waals surface area contributed by atoms with Gasteiger partial charge in [-0.25, -0.2) is 0 Å². The highest BCUT2D eigenvalue weighted by molar-refractivity contribution is 5.73. The van der Waals surface area contributed by atoms with Gasteiger partial charge < -0.3 is 20.4 Å². The number of hydrogen-bond donors (Lipinski definition) is 3. The van der Waals surface area contributed by atoms with Crippen molar-refractivity contribution < 1.29 is 15.0 Å². The second-order valence-electron chi connectivity index (χ2n) is 9.17. The third-order valence-corrected chi connectivity index (χ3v) is 5.92. The predicted octanol–water partition coefficient (Wildman–Crippen LogP) is 5.24. The molecule has 2 atom stereocenters. The smallest absolute Gasteiger partial charge is 0.303 e. The van der Waals surface area contributed by atoms with Crippen LogP contribution in [0.4, 0.5) is 11.4 Å². The third-order valence-electron chi connectivity index (χ3n) is 5.92. The van der Waals surface area contributed by atoms with Crippen molar-refractivity contribution in [2.75, 3.05) is 23.4 Å². The van der Waals surface area contributed by atoms with E-state index in [2.05, 4.69) is 49.2 Å². The summed E-state index contributed by atoms with van der Waals surface area (Å²) in [5, 5.41) is 22.1. The van der Waals surface area contributed by atoms with Gasteiger partial charge in [-0.15, -0.1) is 0 Å². The minimum Gasteiger partial charge on any atom is -0.481 e. The van der Waals surface area contributed by atoms with Crippen molar-refractivity contribution >= 4 is 17.3 Å². The highest BCUT2D eigenvalue weighted by atomic mass is 16.4. The van der Waals surface area contributed by atoms with Gasteiger partial charge in [0.05, 0.1) is 17.8 Å². The highest BCUT2D eigenvalue weighted by Crippen LogP contribution is 2.36. The van der Waals surface area contributed by atoms with Crippen LogP contribution in [-0.2, 0) is 4.79 Å². The van der Waals surface area contributed by atoms with Crippen LogP contribution in [0, 0.1) is 5.92 Å². The molecule has 0 aromatic heterocycles. The lowest BCUT2D eigenvalue weighted by atomic mass is 9.92. The van der Waals surface area contributed by atoms with Crippen molar-refractivity contribution in [3.05, 3.63) is 23.8 Å². The molecular formula is C24H40N2O3. The lowest BCUT2D eigenvalue weighted by molar-refractivity contribution is -0.137. The molecule has 1 aromatic carbocycles. The molecule has 1 aliphatic rings. The largest absolute Gasteiger partial charge is 0.481 e. The van der Waals surface area contributed by atoms with Crippen molar-refractivity contribution in [2.24, 2.45) is 5.92 Å². The van der Waals surface area contributed by atoms with Gasteiger partial charge in [0, 0.05) is 25.2 Å². The van der Waals surface area contributed by atoms with E-state index in [1.807, 2.05) is 6.92 Å². The molecule has 1 saturated carbocycles. The van der Waals surface area contributed by atoms with Crippen LogP contribution in [0.2, 0.25) is 0 Å². The van der Waals surface area contributed by atoms with Crippen molar-refractivity contribution in [1.29, 1.82) is 0 Å². The number of anilines is 2. The molecule has 5 heteroatoms. The van der Waals surface area contributed by atoms with Gasteiger partial charge >= 0.3 is 5.97 Å². The first-order valence-electron chi connectivity index (χ1n) is 11.3. The zero-order chi connectivity index (χ0) is 21.4. The Kier molecular flexibility index (Phi) is 9.28. The van der Waals surface area contributed by atoms with E-state index >= 15 is 0 Å². The Balaban J connectivity index is 2.40. The lowest BCUT2D eigenvalue weighted by Gasteiger charge is -2.39. The summed E-state index contributed by atoms with van der Waals surface area (Å²) in [6.45, 7) is 9.74. The van der Waals surface area contributed by atoms with E-state index in [4.69, 9.17) is 0 Å². The molecule has 5 nitrogen and oxygen atoms in total. The minimum absolute atomic E-state index is 0.0384. The Hall–Kier alpha value is -1.75. The number of carbonyl (C=O) groups is 1. The van der Waals surface area contributed by atoms with E-state index in [0.29, 0.717) is 18.4 Å². The molecule has 0 saturated heterocycles. The maximum absolute atomic E-state index is 11.2. The number of hydrogen-bond acceptors (Lipinski definition) is 4. The van der Waals surface area contributed by atoms with Gasteiger partial charge in [-0.05, 0) is 55.7 Å². The molecule has 1 unspecified atom stereocenters. The fourth-order valence-electron chi connectivity index (χ4n) is 4.37. The maximum Gasteiger partial charge on any atom is 0.303 e. The molecule has 2 rings (SSSR count). The zero-order valence-electron chi connectivity index (χ0n) is 18.7. The fraction of sp³-hybridized carbons (Fsp3) is 0.708. The molecule has 0 radical (unpaired) electrons. The Morgan fingerprint density at radius 3 is 2.45 bits per heavy atom. The quantitative estimate of drug-likeness (QED) is 0.470. The Morgan fingerprint density at radius 2 is 1.86 bits per heavy atom. The SMILES string of the molecule is CC(C)CN(c1ccc([C@H](C)CC(=O)O)cc1NC(C)CCO)C1CCCCC1. The summed E-state index contributed by atoms with van der Waals surface area (Å²) in [6, 6.07) is 7.12. The zero-order valence-corrected chi connectivity index (χ0v) is 18.7. The highest BCUT2D eigenvalue weighted by Gasteiger charge is 2.25. The monoisotopic (exact) mass is 404 g/mol. The summed E-state index contributed by atoms with van der Waals surface area (Å²) in [5.74, 6) is -0.248. The first-order valence-corrected chi connectivity index (χ1v) is 11.3. The van der Waals surface area contributed by atoms with Crippen molar-refractivity contribution in [2.45, 2.75) is 90.6 Å². The molecule has 3 N–H and O–H groups in total. The van der Waals surface area contributed by atoms with Crippen LogP contribution < -0.4 is 10.2 Å². The number of nitrogens with one attached hydrogen (secondary N) is 1. The Bertz CT molecular complexity index is 641. The summed E-state index contributed by atoms with van der Waals surface area (Å²) in [4.78, 5) is 13.8.